The summed E-state index contributed by atoms with van der Waals surface area (Å²) >= 11 is 7.92. The molecule has 0 saturated heterocycles. The lowest BCUT2D eigenvalue weighted by Gasteiger charge is -2.11. The Morgan fingerprint density at radius 3 is 2.50 bits per heavy atom. The number of carbonyl (C=O) groups excluding carboxylic acids is 1. The highest BCUT2D eigenvalue weighted by Gasteiger charge is 2.27. The van der Waals surface area contributed by atoms with Gasteiger partial charge in [0.15, 0.2) is 5.82 Å². The number of hydrogen-bond acceptors (Lipinski definition) is 3. The van der Waals surface area contributed by atoms with Gasteiger partial charge in [0.25, 0.3) is 12.3 Å². The molecule has 28 heavy (non-hydrogen) atoms. The summed E-state index contributed by atoms with van der Waals surface area (Å²) < 4.78 is 57.1. The van der Waals surface area contributed by atoms with Crippen molar-refractivity contribution in [1.82, 2.24) is 9.55 Å². The van der Waals surface area contributed by atoms with Gasteiger partial charge in [-0.1, -0.05) is 0 Å². The van der Waals surface area contributed by atoms with Gasteiger partial charge < -0.3 is 14.6 Å². The summed E-state index contributed by atoms with van der Waals surface area (Å²) in [5.74, 6) is -1.13. The van der Waals surface area contributed by atoms with Crippen LogP contribution in [0.15, 0.2) is 40.9 Å². The fourth-order valence-corrected chi connectivity index (χ4v) is 3.16. The zero-order valence-corrected chi connectivity index (χ0v) is 16.4. The van der Waals surface area contributed by atoms with Gasteiger partial charge in [0.1, 0.15) is 11.3 Å². The third-order valence-electron chi connectivity index (χ3n) is 3.78. The van der Waals surface area contributed by atoms with Gasteiger partial charge in [0.05, 0.1) is 5.52 Å². The highest BCUT2D eigenvalue weighted by molar-refractivity contribution is 9.10. The van der Waals surface area contributed by atoms with Gasteiger partial charge in [-0.2, -0.15) is 0 Å². The van der Waals surface area contributed by atoms with E-state index >= 15 is 0 Å². The number of fused-ring (bicyclic) bond motifs is 1. The minimum absolute atomic E-state index is 0.184. The molecular weight excluding hydrogens is 470 g/mol. The van der Waals surface area contributed by atoms with Crippen LogP contribution >= 0.6 is 27.5 Å². The third kappa shape index (κ3) is 4.39. The van der Waals surface area contributed by atoms with Crippen LogP contribution in [0.1, 0.15) is 22.6 Å². The molecule has 11 heteroatoms. The molecule has 0 aliphatic heterocycles. The average molecular weight is 481 g/mol. The number of benzene rings is 2. The van der Waals surface area contributed by atoms with E-state index in [4.69, 9.17) is 0 Å². The molecule has 2 aromatic carbocycles. The number of aryl methyl sites for hydroxylation is 1. The normalized spacial score (nSPS) is 11.9. The SMILES string of the molecule is Cn1c(C(F)F)nc2c(Br)cc(C(=O)Nc3ccc(OC(F)(F)Cl)cc3)cc21. The summed E-state index contributed by atoms with van der Waals surface area (Å²) in [6.45, 7) is 0. The summed E-state index contributed by atoms with van der Waals surface area (Å²) in [7, 11) is 1.43. The molecule has 0 fully saturated rings. The number of nitrogens with zero attached hydrogens (tertiary/aromatic N) is 2. The van der Waals surface area contributed by atoms with Crippen LogP contribution in [0.2, 0.25) is 0 Å². The third-order valence-corrected chi connectivity index (χ3v) is 4.46. The Hall–Kier alpha value is -2.33. The molecule has 1 amide bonds. The molecular formula is C17H11BrClF4N3O2. The maximum Gasteiger partial charge on any atom is 0.487 e. The van der Waals surface area contributed by atoms with E-state index in [2.05, 4.69) is 42.6 Å². The first kappa shape index (κ1) is 20.4. The number of aromatic nitrogens is 2. The van der Waals surface area contributed by atoms with Gasteiger partial charge in [-0.15, -0.1) is 8.78 Å². The van der Waals surface area contributed by atoms with Crippen molar-refractivity contribution in [3.63, 3.8) is 0 Å². The fourth-order valence-electron chi connectivity index (χ4n) is 2.53. The van der Waals surface area contributed by atoms with E-state index in [1.54, 1.807) is 0 Å². The van der Waals surface area contributed by atoms with Gasteiger partial charge in [-0.05, 0) is 52.3 Å². The topological polar surface area (TPSA) is 56.2 Å². The summed E-state index contributed by atoms with van der Waals surface area (Å²) in [6.07, 6.45) is -2.76. The number of rotatable bonds is 5. The zero-order chi connectivity index (χ0) is 20.6. The summed E-state index contributed by atoms with van der Waals surface area (Å²) in [6, 6.07) is 8.00. The second kappa shape index (κ2) is 7.59. The first-order valence-corrected chi connectivity index (χ1v) is 8.83. The molecule has 5 nitrogen and oxygen atoms in total. The summed E-state index contributed by atoms with van der Waals surface area (Å²) in [4.78, 5) is 16.4. The highest BCUT2D eigenvalue weighted by atomic mass is 79.9. The van der Waals surface area contributed by atoms with Crippen LogP contribution < -0.4 is 10.1 Å². The Bertz CT molecular complexity index is 1040. The van der Waals surface area contributed by atoms with Crippen LogP contribution in [0.3, 0.4) is 0 Å². The molecule has 0 atom stereocenters. The second-order valence-corrected chi connectivity index (χ2v) is 6.98. The van der Waals surface area contributed by atoms with Crippen LogP contribution in [-0.4, -0.2) is 21.0 Å². The van der Waals surface area contributed by atoms with Crippen LogP contribution in [-0.2, 0) is 7.05 Å². The van der Waals surface area contributed by atoms with Crippen molar-refractivity contribution < 1.29 is 27.1 Å². The van der Waals surface area contributed by atoms with Crippen LogP contribution in [0.4, 0.5) is 23.2 Å². The second-order valence-electron chi connectivity index (χ2n) is 5.68. The number of alkyl halides is 5. The first-order valence-electron chi connectivity index (χ1n) is 7.66. The number of amides is 1. The van der Waals surface area contributed by atoms with Gasteiger partial charge in [0, 0.05) is 34.4 Å². The Balaban J connectivity index is 1.84. The number of carbonyl (C=O) groups is 1. The van der Waals surface area contributed by atoms with Crippen molar-refractivity contribution in [3.05, 3.63) is 52.3 Å². The smallest absolute Gasteiger partial charge is 0.420 e. The molecule has 148 valence electrons. The molecule has 3 rings (SSSR count). The standard InChI is InChI=1S/C17H11BrClF4N3O2/c1-26-12-7-8(6-11(18)13(12)25-15(26)14(20)21)16(27)24-9-2-4-10(5-3-9)28-17(19,22)23/h2-7,14H,1H3,(H,24,27). The van der Waals surface area contributed by atoms with Gasteiger partial charge in [-0.3, -0.25) is 4.79 Å². The fraction of sp³-hybridized carbons (Fsp3) is 0.176. The average Bonchev–Trinajstić information content (AvgIpc) is 2.93. The Morgan fingerprint density at radius 1 is 1.29 bits per heavy atom. The quantitative estimate of drug-likeness (QED) is 0.377. The van der Waals surface area contributed by atoms with E-state index in [9.17, 15) is 22.4 Å². The van der Waals surface area contributed by atoms with Crippen LogP contribution in [0.25, 0.3) is 11.0 Å². The summed E-state index contributed by atoms with van der Waals surface area (Å²) in [5, 5.41) is 2.58. The molecule has 1 N–H and O–H groups in total. The predicted molar refractivity (Wildman–Crippen MR) is 99.2 cm³/mol. The molecule has 0 aliphatic rings. The molecule has 0 aliphatic carbocycles. The Kier molecular flexibility index (Phi) is 5.53. The lowest BCUT2D eigenvalue weighted by atomic mass is 10.1. The molecule has 0 bridgehead atoms. The van der Waals surface area contributed by atoms with E-state index in [0.717, 1.165) is 0 Å². The largest absolute Gasteiger partial charge is 0.487 e. The monoisotopic (exact) mass is 479 g/mol. The van der Waals surface area contributed by atoms with Crippen molar-refractivity contribution in [1.29, 1.82) is 0 Å². The molecule has 3 aromatic rings. The first-order chi connectivity index (χ1) is 13.0. The van der Waals surface area contributed by atoms with E-state index in [1.165, 1.54) is 48.0 Å². The Labute approximate surface area is 169 Å². The minimum Gasteiger partial charge on any atom is -0.420 e. The number of hydrogen-bond donors (Lipinski definition) is 1. The van der Waals surface area contributed by atoms with Crippen LogP contribution in [0.5, 0.6) is 5.75 Å². The number of halogens is 6. The maximum atomic E-state index is 13.0. The van der Waals surface area contributed by atoms with Gasteiger partial charge in [0.2, 0.25) is 0 Å². The predicted octanol–water partition coefficient (Wildman–Crippen LogP) is 5.69. The Morgan fingerprint density at radius 2 is 1.93 bits per heavy atom. The van der Waals surface area contributed by atoms with E-state index < -0.39 is 23.7 Å². The van der Waals surface area contributed by atoms with Crippen molar-refractivity contribution in [2.24, 2.45) is 7.05 Å². The van der Waals surface area contributed by atoms with E-state index in [0.29, 0.717) is 21.2 Å². The van der Waals surface area contributed by atoms with Crippen LogP contribution in [0, 0.1) is 0 Å². The van der Waals surface area contributed by atoms with Crippen molar-refractivity contribution in [2.45, 2.75) is 12.0 Å². The summed E-state index contributed by atoms with van der Waals surface area (Å²) in [5.41, 5.74) is -2.69. The molecule has 0 saturated carbocycles. The van der Waals surface area contributed by atoms with Crippen molar-refractivity contribution in [2.75, 3.05) is 5.32 Å². The molecule has 1 aromatic heterocycles. The molecule has 0 unspecified atom stereocenters. The van der Waals surface area contributed by atoms with Crippen molar-refractivity contribution >= 4 is 50.2 Å². The number of nitrogens with one attached hydrogen (secondary N) is 1. The van der Waals surface area contributed by atoms with Gasteiger partial charge in [-0.25, -0.2) is 13.8 Å². The van der Waals surface area contributed by atoms with Crippen molar-refractivity contribution in [3.8, 4) is 5.75 Å². The number of ether oxygens (including phenoxy) is 1. The van der Waals surface area contributed by atoms with E-state index in [1.807, 2.05) is 0 Å². The molecule has 0 spiro atoms. The molecule has 1 heterocycles. The lowest BCUT2D eigenvalue weighted by molar-refractivity contribution is -0.0964. The van der Waals surface area contributed by atoms with Gasteiger partial charge >= 0.3 is 5.57 Å². The number of imidazole rings is 1. The lowest BCUT2D eigenvalue weighted by Crippen LogP contribution is -2.15. The van der Waals surface area contributed by atoms with E-state index in [-0.39, 0.29) is 11.3 Å². The zero-order valence-electron chi connectivity index (χ0n) is 14.0. The molecule has 0 radical (unpaired) electrons. The maximum absolute atomic E-state index is 13.0. The minimum atomic E-state index is -3.84. The number of anilines is 1. The highest BCUT2D eigenvalue weighted by Crippen LogP contribution is 2.30.